The second-order valence-electron chi connectivity index (χ2n) is 5.17. The third-order valence-corrected chi connectivity index (χ3v) is 3.43. The number of imidazole rings is 1. The molecule has 0 radical (unpaired) electrons. The molecule has 4 aromatic rings. The minimum atomic E-state index is 0.365. The van der Waals surface area contributed by atoms with E-state index in [0.717, 1.165) is 22.7 Å². The van der Waals surface area contributed by atoms with E-state index in [9.17, 15) is 0 Å². The zero-order valence-electron chi connectivity index (χ0n) is 12.7. The van der Waals surface area contributed by atoms with Crippen molar-refractivity contribution < 1.29 is 13.6 Å². The average Bonchev–Trinajstić information content (AvgIpc) is 3.37. The van der Waals surface area contributed by atoms with Gasteiger partial charge in [0.05, 0.1) is 18.6 Å². The molecule has 0 fully saturated rings. The third-order valence-electron chi connectivity index (χ3n) is 3.43. The highest BCUT2D eigenvalue weighted by Gasteiger charge is 2.08. The van der Waals surface area contributed by atoms with E-state index in [2.05, 4.69) is 15.0 Å². The molecular formula is C17H14N4O3. The van der Waals surface area contributed by atoms with E-state index in [1.54, 1.807) is 25.1 Å². The Kier molecular flexibility index (Phi) is 3.81. The molecule has 3 aromatic heterocycles. The topological polar surface area (TPSA) is 79.1 Å². The first-order valence-corrected chi connectivity index (χ1v) is 7.37. The second kappa shape index (κ2) is 6.41. The van der Waals surface area contributed by atoms with Gasteiger partial charge in [0.2, 0.25) is 5.89 Å². The van der Waals surface area contributed by atoms with Crippen molar-refractivity contribution in [1.82, 2.24) is 19.5 Å². The van der Waals surface area contributed by atoms with E-state index >= 15 is 0 Å². The first-order chi connectivity index (χ1) is 11.9. The Hall–Kier alpha value is -3.35. The molecule has 1 aromatic carbocycles. The molecule has 0 unspecified atom stereocenters. The second-order valence-corrected chi connectivity index (χ2v) is 5.17. The van der Waals surface area contributed by atoms with E-state index in [1.807, 2.05) is 35.0 Å². The molecule has 0 bridgehead atoms. The Bertz CT molecular complexity index is 880. The Balaban J connectivity index is 1.42. The highest BCUT2D eigenvalue weighted by atomic mass is 16.5. The lowest BCUT2D eigenvalue weighted by atomic mass is 10.2. The molecule has 0 saturated carbocycles. The molecule has 24 heavy (non-hydrogen) atoms. The molecule has 0 amide bonds. The molecule has 4 rings (SSSR count). The lowest BCUT2D eigenvalue weighted by Gasteiger charge is -2.04. The number of ether oxygens (including phenoxy) is 1. The molecule has 3 heterocycles. The summed E-state index contributed by atoms with van der Waals surface area (Å²) in [5.41, 5.74) is 2.48. The van der Waals surface area contributed by atoms with E-state index < -0.39 is 0 Å². The van der Waals surface area contributed by atoms with Gasteiger partial charge in [-0.1, -0.05) is 0 Å². The number of aromatic nitrogens is 4. The van der Waals surface area contributed by atoms with Gasteiger partial charge in [0.1, 0.15) is 30.6 Å². The highest BCUT2D eigenvalue weighted by Crippen LogP contribution is 2.22. The van der Waals surface area contributed by atoms with Crippen LogP contribution in [0.25, 0.3) is 11.5 Å². The van der Waals surface area contributed by atoms with Crippen LogP contribution >= 0.6 is 0 Å². The van der Waals surface area contributed by atoms with Gasteiger partial charge in [-0.25, -0.2) is 15.0 Å². The Morgan fingerprint density at radius 2 is 2.00 bits per heavy atom. The molecule has 0 aliphatic carbocycles. The molecule has 120 valence electrons. The maximum atomic E-state index is 5.63. The van der Waals surface area contributed by atoms with Gasteiger partial charge in [0.25, 0.3) is 0 Å². The summed E-state index contributed by atoms with van der Waals surface area (Å²) < 4.78 is 18.0. The predicted molar refractivity (Wildman–Crippen MR) is 84.1 cm³/mol. The largest absolute Gasteiger partial charge is 0.487 e. The van der Waals surface area contributed by atoms with Crippen LogP contribution in [-0.4, -0.2) is 19.5 Å². The number of hydrogen-bond donors (Lipinski definition) is 0. The normalized spacial score (nSPS) is 10.8. The molecule has 0 N–H and O–H groups in total. The van der Waals surface area contributed by atoms with Crippen molar-refractivity contribution in [2.45, 2.75) is 13.2 Å². The fourth-order valence-electron chi connectivity index (χ4n) is 2.24. The summed E-state index contributed by atoms with van der Waals surface area (Å²) in [7, 11) is 0. The van der Waals surface area contributed by atoms with Crippen molar-refractivity contribution in [3.8, 4) is 17.2 Å². The Morgan fingerprint density at radius 3 is 2.75 bits per heavy atom. The van der Waals surface area contributed by atoms with Crippen molar-refractivity contribution in [2.75, 3.05) is 0 Å². The number of nitrogens with zero attached hydrogens (tertiary/aromatic N) is 4. The minimum Gasteiger partial charge on any atom is -0.487 e. The molecule has 0 aliphatic heterocycles. The molecule has 0 spiro atoms. The number of oxazole rings is 2. The van der Waals surface area contributed by atoms with Crippen LogP contribution in [0.3, 0.4) is 0 Å². The first-order valence-electron chi connectivity index (χ1n) is 7.37. The standard InChI is InChI=1S/C17H14N4O3/c1-3-16(23-10-15-8-22-12-19-15)4-2-13(1)17-20-14(9-24-17)7-21-6-5-18-11-21/h1-6,8-9,11-12H,7,10H2. The zero-order chi connectivity index (χ0) is 16.2. The third kappa shape index (κ3) is 3.19. The quantitative estimate of drug-likeness (QED) is 0.542. The summed E-state index contributed by atoms with van der Waals surface area (Å²) in [5.74, 6) is 1.32. The SMILES string of the molecule is c1cn(Cc2coc(-c3ccc(OCc4cocn4)cc3)n2)cn1. The van der Waals surface area contributed by atoms with Gasteiger partial charge in [0, 0.05) is 18.0 Å². The Labute approximate surface area is 137 Å². The Morgan fingerprint density at radius 1 is 1.08 bits per heavy atom. The van der Waals surface area contributed by atoms with Crippen LogP contribution in [0.1, 0.15) is 11.4 Å². The smallest absolute Gasteiger partial charge is 0.226 e. The van der Waals surface area contributed by atoms with Crippen LogP contribution in [-0.2, 0) is 13.2 Å². The monoisotopic (exact) mass is 322 g/mol. The molecule has 0 saturated heterocycles. The van der Waals surface area contributed by atoms with Crippen molar-refractivity contribution in [3.05, 3.63) is 73.3 Å². The minimum absolute atomic E-state index is 0.365. The number of rotatable bonds is 6. The molecule has 0 atom stereocenters. The molecule has 0 aliphatic rings. The van der Waals surface area contributed by atoms with Gasteiger partial charge in [-0.15, -0.1) is 0 Å². The van der Waals surface area contributed by atoms with E-state index in [4.69, 9.17) is 13.6 Å². The summed E-state index contributed by atoms with van der Waals surface area (Å²) in [5, 5.41) is 0. The summed E-state index contributed by atoms with van der Waals surface area (Å²) in [4.78, 5) is 12.5. The van der Waals surface area contributed by atoms with Gasteiger partial charge in [-0.3, -0.25) is 0 Å². The maximum absolute atomic E-state index is 5.63. The van der Waals surface area contributed by atoms with Crippen LogP contribution < -0.4 is 4.74 Å². The lowest BCUT2D eigenvalue weighted by molar-refractivity contribution is 0.301. The predicted octanol–water partition coefficient (Wildman–Crippen LogP) is 3.15. The first kappa shape index (κ1) is 14.3. The van der Waals surface area contributed by atoms with Crippen molar-refractivity contribution in [3.63, 3.8) is 0 Å². The zero-order valence-corrected chi connectivity index (χ0v) is 12.7. The van der Waals surface area contributed by atoms with Crippen LogP contribution in [0, 0.1) is 0 Å². The van der Waals surface area contributed by atoms with Gasteiger partial charge in [-0.05, 0) is 24.3 Å². The molecular weight excluding hydrogens is 308 g/mol. The van der Waals surface area contributed by atoms with Crippen molar-refractivity contribution in [2.24, 2.45) is 0 Å². The summed E-state index contributed by atoms with van der Waals surface area (Å²) in [6, 6.07) is 7.56. The molecule has 7 heteroatoms. The fourth-order valence-corrected chi connectivity index (χ4v) is 2.24. The summed E-state index contributed by atoms with van der Waals surface area (Å²) >= 11 is 0. The van der Waals surface area contributed by atoms with E-state index in [-0.39, 0.29) is 0 Å². The maximum Gasteiger partial charge on any atom is 0.226 e. The highest BCUT2D eigenvalue weighted by molar-refractivity contribution is 5.54. The van der Waals surface area contributed by atoms with Gasteiger partial charge >= 0.3 is 0 Å². The van der Waals surface area contributed by atoms with Crippen molar-refractivity contribution in [1.29, 1.82) is 0 Å². The van der Waals surface area contributed by atoms with Crippen LogP contribution in [0.15, 0.2) is 70.7 Å². The average molecular weight is 322 g/mol. The van der Waals surface area contributed by atoms with E-state index in [0.29, 0.717) is 19.0 Å². The van der Waals surface area contributed by atoms with Crippen LogP contribution in [0.2, 0.25) is 0 Å². The van der Waals surface area contributed by atoms with Gasteiger partial charge in [-0.2, -0.15) is 0 Å². The number of benzene rings is 1. The van der Waals surface area contributed by atoms with Crippen molar-refractivity contribution >= 4 is 0 Å². The lowest BCUT2D eigenvalue weighted by Crippen LogP contribution is -1.96. The van der Waals surface area contributed by atoms with Gasteiger partial charge < -0.3 is 18.1 Å². The fraction of sp³-hybridized carbons (Fsp3) is 0.118. The molecule has 7 nitrogen and oxygen atoms in total. The number of hydrogen-bond acceptors (Lipinski definition) is 6. The van der Waals surface area contributed by atoms with Crippen LogP contribution in [0.4, 0.5) is 0 Å². The van der Waals surface area contributed by atoms with Gasteiger partial charge in [0.15, 0.2) is 6.39 Å². The summed E-state index contributed by atoms with van der Waals surface area (Å²) in [6.45, 7) is 0.992. The summed E-state index contributed by atoms with van der Waals surface area (Å²) in [6.07, 6.45) is 9.96. The van der Waals surface area contributed by atoms with E-state index in [1.165, 1.54) is 6.39 Å². The van der Waals surface area contributed by atoms with Crippen LogP contribution in [0.5, 0.6) is 5.75 Å².